The number of halogens is 1. The minimum Gasteiger partial charge on any atom is -0.493 e. The van der Waals surface area contributed by atoms with Crippen LogP contribution in [0.5, 0.6) is 17.2 Å². The van der Waals surface area contributed by atoms with Gasteiger partial charge >= 0.3 is 11.7 Å². The smallest absolute Gasteiger partial charge is 0.338 e. The van der Waals surface area contributed by atoms with Crippen molar-refractivity contribution >= 4 is 50.7 Å². The number of rotatable bonds is 12. The van der Waals surface area contributed by atoms with E-state index in [1.54, 1.807) is 25.1 Å². The van der Waals surface area contributed by atoms with Gasteiger partial charge in [0.05, 0.1) is 55.9 Å². The largest absolute Gasteiger partial charge is 0.493 e. The lowest BCUT2D eigenvalue weighted by Crippen LogP contribution is -2.40. The van der Waals surface area contributed by atoms with Gasteiger partial charge in [0.15, 0.2) is 16.3 Å². The van der Waals surface area contributed by atoms with E-state index in [2.05, 4.69) is 29.8 Å². The van der Waals surface area contributed by atoms with Gasteiger partial charge in [0.2, 0.25) is 5.75 Å². The fraction of sp³-hybridized carbons (Fsp3) is 0.286. The number of carbonyl (C=O) groups is 1. The molecule has 0 saturated heterocycles. The normalized spacial score (nSPS) is 14.3. The van der Waals surface area contributed by atoms with E-state index in [1.807, 2.05) is 31.2 Å². The molecule has 3 aromatic carbocycles. The van der Waals surface area contributed by atoms with Crippen LogP contribution in [0, 0.1) is 20.2 Å². The number of fused-ring (bicyclic) bond motifs is 1. The molecule has 0 aliphatic carbocycles. The van der Waals surface area contributed by atoms with E-state index in [4.69, 9.17) is 19.2 Å². The second-order valence-electron chi connectivity index (χ2n) is 11.5. The monoisotopic (exact) mass is 764 g/mol. The molecule has 13 nitrogen and oxygen atoms in total. The first kappa shape index (κ1) is 36.1. The summed E-state index contributed by atoms with van der Waals surface area (Å²) in [7, 11) is 1.38. The van der Waals surface area contributed by atoms with Crippen LogP contribution in [0.4, 0.5) is 11.4 Å². The number of hydrogen-bond acceptors (Lipinski definition) is 11. The third-order valence-electron chi connectivity index (χ3n) is 7.92. The van der Waals surface area contributed by atoms with Crippen LogP contribution in [-0.2, 0) is 9.53 Å². The Morgan fingerprint density at radius 1 is 1.06 bits per heavy atom. The number of nitrogens with zero attached hydrogens (tertiary/aromatic N) is 4. The Morgan fingerprint density at radius 3 is 2.38 bits per heavy atom. The van der Waals surface area contributed by atoms with Crippen LogP contribution in [-0.4, -0.2) is 34.1 Å². The van der Waals surface area contributed by atoms with Crippen LogP contribution in [0.3, 0.4) is 0 Å². The molecule has 0 unspecified atom stereocenters. The highest BCUT2D eigenvalue weighted by Gasteiger charge is 2.34. The molecule has 0 radical (unpaired) electrons. The van der Waals surface area contributed by atoms with Gasteiger partial charge in [-0.15, -0.1) is 0 Å². The van der Waals surface area contributed by atoms with Crippen LogP contribution < -0.4 is 24.4 Å². The average Bonchev–Trinajstić information content (AvgIpc) is 3.38. The van der Waals surface area contributed by atoms with E-state index >= 15 is 0 Å². The maximum Gasteiger partial charge on any atom is 0.338 e. The first-order valence-corrected chi connectivity index (χ1v) is 17.3. The molecule has 15 heteroatoms. The van der Waals surface area contributed by atoms with Crippen LogP contribution in [0.15, 0.2) is 80.1 Å². The predicted molar refractivity (Wildman–Crippen MR) is 191 cm³/mol. The summed E-state index contributed by atoms with van der Waals surface area (Å²) in [4.78, 5) is 54.3. The van der Waals surface area contributed by atoms with Crippen molar-refractivity contribution in [3.63, 3.8) is 0 Å². The quantitative estimate of drug-likeness (QED) is 0.0832. The molecule has 1 atom stereocenters. The number of hydrogen-bond donors (Lipinski definition) is 0. The molecule has 0 amide bonds. The summed E-state index contributed by atoms with van der Waals surface area (Å²) in [5, 5.41) is 22.9. The Morgan fingerprint density at radius 2 is 1.78 bits per heavy atom. The first-order chi connectivity index (χ1) is 23.9. The predicted octanol–water partition coefficient (Wildman–Crippen LogP) is 7.08. The second kappa shape index (κ2) is 15.2. The summed E-state index contributed by atoms with van der Waals surface area (Å²) in [6, 6.07) is 13.4. The molecule has 0 N–H and O–H groups in total. The topological polar surface area (TPSA) is 165 Å². The molecule has 0 bridgehead atoms. The standard InChI is InChI=1S/C35H33BrN4O9S/c1-6-8-25-30(34(42)48-7-2)31(22-11-9-21(10-12-22)19(3)4)38-33(41)29(50-35(38)37-25)17-20-15-24(36)32(28(16-20)47-5)49-27-14-13-23(39(43)44)18-26(27)40(45)46/h9-19,31H,6-8H2,1-5H3/b29-17-/t31-/m1/s1. The first-order valence-electron chi connectivity index (χ1n) is 15.7. The summed E-state index contributed by atoms with van der Waals surface area (Å²) in [6.07, 6.45) is 2.89. The number of esters is 1. The number of nitro groups is 2. The molecule has 1 aliphatic heterocycles. The van der Waals surface area contributed by atoms with Gasteiger partial charge in [-0.2, -0.15) is 0 Å². The number of aromatic nitrogens is 1. The Hall–Kier alpha value is -5.15. The van der Waals surface area contributed by atoms with E-state index in [-0.39, 0.29) is 29.4 Å². The molecule has 50 heavy (non-hydrogen) atoms. The Balaban J connectivity index is 1.64. The Labute approximate surface area is 298 Å². The van der Waals surface area contributed by atoms with Gasteiger partial charge in [-0.1, -0.05) is 62.8 Å². The van der Waals surface area contributed by atoms with Crippen molar-refractivity contribution in [3.05, 3.63) is 127 Å². The van der Waals surface area contributed by atoms with Crippen molar-refractivity contribution in [2.45, 2.75) is 52.5 Å². The number of methoxy groups -OCH3 is 1. The molecule has 0 spiro atoms. The fourth-order valence-electron chi connectivity index (χ4n) is 5.53. The lowest BCUT2D eigenvalue weighted by atomic mass is 9.92. The van der Waals surface area contributed by atoms with Gasteiger partial charge in [-0.05, 0) is 76.2 Å². The van der Waals surface area contributed by atoms with E-state index in [9.17, 15) is 29.8 Å². The number of ether oxygens (including phenoxy) is 3. The van der Waals surface area contributed by atoms with Gasteiger partial charge < -0.3 is 14.2 Å². The molecule has 1 aromatic heterocycles. The van der Waals surface area contributed by atoms with Crippen LogP contribution >= 0.6 is 27.3 Å². The zero-order valence-corrected chi connectivity index (χ0v) is 30.2. The van der Waals surface area contributed by atoms with Crippen molar-refractivity contribution < 1.29 is 28.9 Å². The van der Waals surface area contributed by atoms with Gasteiger partial charge in [-0.25, -0.2) is 9.79 Å². The van der Waals surface area contributed by atoms with E-state index in [0.29, 0.717) is 43.0 Å². The highest BCUT2D eigenvalue weighted by atomic mass is 79.9. The maximum absolute atomic E-state index is 14.2. The maximum atomic E-state index is 14.2. The number of carbonyl (C=O) groups excluding carboxylic acids is 1. The van der Waals surface area contributed by atoms with Crippen molar-refractivity contribution in [1.82, 2.24) is 4.57 Å². The van der Waals surface area contributed by atoms with Crippen molar-refractivity contribution in [1.29, 1.82) is 0 Å². The lowest BCUT2D eigenvalue weighted by molar-refractivity contribution is -0.394. The van der Waals surface area contributed by atoms with Gasteiger partial charge in [0.25, 0.3) is 11.2 Å². The number of non-ortho nitro benzene ring substituents is 1. The third-order valence-corrected chi connectivity index (χ3v) is 9.49. The Bertz CT molecular complexity index is 2210. The minimum atomic E-state index is -0.776. The highest BCUT2D eigenvalue weighted by Crippen LogP contribution is 2.43. The molecule has 5 rings (SSSR count). The van der Waals surface area contributed by atoms with Gasteiger partial charge in [0.1, 0.15) is 0 Å². The summed E-state index contributed by atoms with van der Waals surface area (Å²) >= 11 is 4.62. The number of thiazole rings is 1. The van der Waals surface area contributed by atoms with E-state index in [0.717, 1.165) is 35.7 Å². The van der Waals surface area contributed by atoms with Crippen molar-refractivity contribution in [2.24, 2.45) is 4.99 Å². The minimum absolute atomic E-state index is 0.0798. The van der Waals surface area contributed by atoms with Crippen molar-refractivity contribution in [2.75, 3.05) is 13.7 Å². The average molecular weight is 766 g/mol. The van der Waals surface area contributed by atoms with Crippen LogP contribution in [0.25, 0.3) is 6.08 Å². The van der Waals surface area contributed by atoms with E-state index in [1.165, 1.54) is 23.0 Å². The summed E-state index contributed by atoms with van der Waals surface area (Å²) in [5.74, 6) is -0.217. The number of nitro benzene ring substituents is 2. The van der Waals surface area contributed by atoms with Gasteiger partial charge in [-0.3, -0.25) is 29.6 Å². The summed E-state index contributed by atoms with van der Waals surface area (Å²) < 4.78 is 19.1. The lowest BCUT2D eigenvalue weighted by Gasteiger charge is -2.26. The highest BCUT2D eigenvalue weighted by molar-refractivity contribution is 9.10. The zero-order valence-electron chi connectivity index (χ0n) is 27.8. The van der Waals surface area contributed by atoms with Crippen LogP contribution in [0.2, 0.25) is 0 Å². The molecule has 0 saturated carbocycles. The van der Waals surface area contributed by atoms with Gasteiger partial charge in [0, 0.05) is 6.07 Å². The molecule has 0 fully saturated rings. The molecule has 4 aromatic rings. The molecule has 2 heterocycles. The van der Waals surface area contributed by atoms with Crippen molar-refractivity contribution in [3.8, 4) is 17.2 Å². The second-order valence-corrected chi connectivity index (χ2v) is 13.4. The number of allylic oxidation sites excluding steroid dienone is 1. The molecular weight excluding hydrogens is 732 g/mol. The third kappa shape index (κ3) is 7.23. The van der Waals surface area contributed by atoms with E-state index < -0.39 is 33.2 Å². The SMILES string of the molecule is CCCC1=C(C(=O)OCC)[C@@H](c2ccc(C(C)C)cc2)n2c(s/c(=C\c3cc(Br)c(Oc4ccc([N+](=O)[O-])cc4[N+](=O)[O-])c(OC)c3)c2=O)=N1. The summed E-state index contributed by atoms with van der Waals surface area (Å²) in [6.45, 7) is 8.07. The fourth-order valence-corrected chi connectivity index (χ4v) is 7.09. The molecule has 1 aliphatic rings. The van der Waals surface area contributed by atoms with Crippen LogP contribution in [0.1, 0.15) is 69.2 Å². The molecular formula is C35H33BrN4O9S. The zero-order chi connectivity index (χ0) is 36.3. The summed E-state index contributed by atoms with van der Waals surface area (Å²) in [5.41, 5.74) is 1.88. The number of benzene rings is 3. The Kier molecular flexibility index (Phi) is 11.0. The molecule has 260 valence electrons.